The van der Waals surface area contributed by atoms with E-state index in [9.17, 15) is 22.8 Å². The van der Waals surface area contributed by atoms with Gasteiger partial charge in [-0.2, -0.15) is 0 Å². The summed E-state index contributed by atoms with van der Waals surface area (Å²) < 4.78 is 40.4. The first-order chi connectivity index (χ1) is 13.9. The van der Waals surface area contributed by atoms with Gasteiger partial charge in [0.1, 0.15) is 29.7 Å². The Bertz CT molecular complexity index is 1010. The second kappa shape index (κ2) is 8.91. The van der Waals surface area contributed by atoms with E-state index in [0.29, 0.717) is 4.88 Å². The molecule has 1 heterocycles. The average Bonchev–Trinajstić information content (AvgIpc) is 3.19. The molecule has 0 spiro atoms. The number of para-hydroxylation sites is 1. The van der Waals surface area contributed by atoms with Crippen LogP contribution in [0.15, 0.2) is 54.6 Å². The maximum absolute atomic E-state index is 13.7. The zero-order valence-corrected chi connectivity index (χ0v) is 16.2. The third kappa shape index (κ3) is 4.83. The van der Waals surface area contributed by atoms with Crippen molar-refractivity contribution in [2.75, 3.05) is 18.4 Å². The molecular weight excluding hydrogens is 401 g/mol. The molecule has 0 fully saturated rings. The van der Waals surface area contributed by atoms with Gasteiger partial charge in [-0.05, 0) is 48.9 Å². The van der Waals surface area contributed by atoms with Crippen LogP contribution in [0.25, 0.3) is 10.4 Å². The van der Waals surface area contributed by atoms with Crippen LogP contribution in [0.1, 0.15) is 16.6 Å². The quantitative estimate of drug-likeness (QED) is 0.617. The standard InChI is InChI=1S/C21H17F3N2O2S/c1-2-26(12-19(27)25-20-15(23)4-3-5-16(20)24)21(28)18-11-10-17(29-18)13-6-8-14(22)9-7-13/h3-11H,2,12H2,1H3,(H,25,27). The van der Waals surface area contributed by atoms with E-state index in [0.717, 1.165) is 22.6 Å². The SMILES string of the molecule is CCN(CC(=O)Nc1c(F)cccc1F)C(=O)c1ccc(-c2ccc(F)cc2)s1. The summed E-state index contributed by atoms with van der Waals surface area (Å²) in [5, 5.41) is 2.17. The molecule has 3 aromatic rings. The van der Waals surface area contributed by atoms with Crippen LogP contribution in [0.2, 0.25) is 0 Å². The number of halogens is 3. The summed E-state index contributed by atoms with van der Waals surface area (Å²) in [7, 11) is 0. The molecule has 8 heteroatoms. The smallest absolute Gasteiger partial charge is 0.264 e. The van der Waals surface area contributed by atoms with Crippen molar-refractivity contribution in [3.8, 4) is 10.4 Å². The number of hydrogen-bond acceptors (Lipinski definition) is 3. The summed E-state index contributed by atoms with van der Waals surface area (Å²) in [5.74, 6) is -3.23. The Labute approximate surface area is 169 Å². The van der Waals surface area contributed by atoms with Crippen molar-refractivity contribution in [2.24, 2.45) is 0 Å². The third-order valence-corrected chi connectivity index (χ3v) is 5.30. The lowest BCUT2D eigenvalue weighted by Gasteiger charge is -2.19. The summed E-state index contributed by atoms with van der Waals surface area (Å²) in [6, 6.07) is 12.5. The number of thiophene rings is 1. The molecule has 2 aromatic carbocycles. The van der Waals surface area contributed by atoms with E-state index in [4.69, 9.17) is 0 Å². The molecular formula is C21H17F3N2O2S. The Kier molecular flexibility index (Phi) is 6.33. The number of carbonyl (C=O) groups excluding carboxylic acids is 2. The lowest BCUT2D eigenvalue weighted by atomic mass is 10.2. The maximum atomic E-state index is 13.7. The fourth-order valence-electron chi connectivity index (χ4n) is 2.67. The predicted octanol–water partition coefficient (Wildman–Crippen LogP) is 4.93. The van der Waals surface area contributed by atoms with Gasteiger partial charge in [-0.1, -0.05) is 18.2 Å². The molecule has 0 aliphatic rings. The molecule has 3 rings (SSSR count). The van der Waals surface area contributed by atoms with Crippen molar-refractivity contribution >= 4 is 28.8 Å². The summed E-state index contributed by atoms with van der Waals surface area (Å²) in [6.07, 6.45) is 0. The van der Waals surface area contributed by atoms with E-state index in [1.165, 1.54) is 34.4 Å². The van der Waals surface area contributed by atoms with E-state index in [-0.39, 0.29) is 24.8 Å². The summed E-state index contributed by atoms with van der Waals surface area (Å²) >= 11 is 1.21. The summed E-state index contributed by atoms with van der Waals surface area (Å²) in [6.45, 7) is 1.58. The van der Waals surface area contributed by atoms with Crippen LogP contribution >= 0.6 is 11.3 Å². The van der Waals surface area contributed by atoms with Crippen molar-refractivity contribution in [1.29, 1.82) is 0 Å². The van der Waals surface area contributed by atoms with Crippen LogP contribution in [0.5, 0.6) is 0 Å². The van der Waals surface area contributed by atoms with E-state index in [1.54, 1.807) is 31.2 Å². The number of likely N-dealkylation sites (N-methyl/N-ethyl adjacent to an activating group) is 1. The first kappa shape index (κ1) is 20.6. The van der Waals surface area contributed by atoms with E-state index in [2.05, 4.69) is 5.32 Å². The van der Waals surface area contributed by atoms with Gasteiger partial charge in [0.05, 0.1) is 4.88 Å². The van der Waals surface area contributed by atoms with Gasteiger partial charge < -0.3 is 10.2 Å². The van der Waals surface area contributed by atoms with Crippen molar-refractivity contribution in [3.63, 3.8) is 0 Å². The van der Waals surface area contributed by atoms with Crippen molar-refractivity contribution in [2.45, 2.75) is 6.92 Å². The largest absolute Gasteiger partial charge is 0.329 e. The lowest BCUT2D eigenvalue weighted by molar-refractivity contribution is -0.116. The number of amides is 2. The van der Waals surface area contributed by atoms with Crippen molar-refractivity contribution < 1.29 is 22.8 Å². The Morgan fingerprint density at radius 3 is 2.24 bits per heavy atom. The van der Waals surface area contributed by atoms with Gasteiger partial charge in [-0.3, -0.25) is 9.59 Å². The highest BCUT2D eigenvalue weighted by atomic mass is 32.1. The first-order valence-corrected chi connectivity index (χ1v) is 9.59. The zero-order chi connectivity index (χ0) is 21.0. The summed E-state index contributed by atoms with van der Waals surface area (Å²) in [4.78, 5) is 27.4. The fourth-order valence-corrected chi connectivity index (χ4v) is 3.65. The Balaban J connectivity index is 1.70. The van der Waals surface area contributed by atoms with E-state index >= 15 is 0 Å². The van der Waals surface area contributed by atoms with Crippen LogP contribution in [-0.4, -0.2) is 29.8 Å². The number of nitrogens with zero attached hydrogens (tertiary/aromatic N) is 1. The van der Waals surface area contributed by atoms with Crippen LogP contribution in [0, 0.1) is 17.5 Å². The van der Waals surface area contributed by atoms with Crippen LogP contribution in [0.4, 0.5) is 18.9 Å². The Morgan fingerprint density at radius 1 is 0.966 bits per heavy atom. The molecule has 1 aromatic heterocycles. The van der Waals surface area contributed by atoms with Crippen LogP contribution in [-0.2, 0) is 4.79 Å². The van der Waals surface area contributed by atoms with Crippen molar-refractivity contribution in [1.82, 2.24) is 4.90 Å². The fraction of sp³-hybridized carbons (Fsp3) is 0.143. The molecule has 29 heavy (non-hydrogen) atoms. The highest BCUT2D eigenvalue weighted by Gasteiger charge is 2.21. The molecule has 150 valence electrons. The minimum absolute atomic E-state index is 0.232. The van der Waals surface area contributed by atoms with Gasteiger partial charge in [0.15, 0.2) is 0 Å². The topological polar surface area (TPSA) is 49.4 Å². The number of rotatable bonds is 6. The molecule has 2 amide bonds. The number of anilines is 1. The average molecular weight is 418 g/mol. The van der Waals surface area contributed by atoms with E-state index < -0.39 is 23.2 Å². The highest BCUT2D eigenvalue weighted by Crippen LogP contribution is 2.29. The molecule has 0 saturated carbocycles. The summed E-state index contributed by atoms with van der Waals surface area (Å²) in [5.41, 5.74) is 0.224. The number of hydrogen-bond donors (Lipinski definition) is 1. The van der Waals surface area contributed by atoms with Gasteiger partial charge in [0.2, 0.25) is 5.91 Å². The first-order valence-electron chi connectivity index (χ1n) is 8.78. The molecule has 0 radical (unpaired) electrons. The molecule has 0 aliphatic heterocycles. The van der Waals surface area contributed by atoms with Gasteiger partial charge in [-0.25, -0.2) is 13.2 Å². The van der Waals surface area contributed by atoms with E-state index in [1.807, 2.05) is 0 Å². The molecule has 0 bridgehead atoms. The highest BCUT2D eigenvalue weighted by molar-refractivity contribution is 7.17. The number of benzene rings is 2. The minimum atomic E-state index is -0.894. The van der Waals surface area contributed by atoms with Crippen molar-refractivity contribution in [3.05, 3.63) is 76.9 Å². The predicted molar refractivity (Wildman–Crippen MR) is 106 cm³/mol. The molecule has 0 unspecified atom stereocenters. The minimum Gasteiger partial charge on any atom is -0.329 e. The molecule has 0 aliphatic carbocycles. The van der Waals surface area contributed by atoms with Gasteiger partial charge in [-0.15, -0.1) is 11.3 Å². The van der Waals surface area contributed by atoms with Gasteiger partial charge >= 0.3 is 0 Å². The molecule has 0 saturated heterocycles. The molecule has 4 nitrogen and oxygen atoms in total. The van der Waals surface area contributed by atoms with Gasteiger partial charge in [0, 0.05) is 11.4 Å². The lowest BCUT2D eigenvalue weighted by Crippen LogP contribution is -2.37. The van der Waals surface area contributed by atoms with Crippen LogP contribution < -0.4 is 5.32 Å². The second-order valence-corrected chi connectivity index (χ2v) is 7.22. The molecule has 0 atom stereocenters. The van der Waals surface area contributed by atoms with Gasteiger partial charge in [0.25, 0.3) is 5.91 Å². The Hall–Kier alpha value is -3.13. The number of nitrogens with one attached hydrogen (secondary N) is 1. The number of carbonyl (C=O) groups is 2. The van der Waals surface area contributed by atoms with Crippen LogP contribution in [0.3, 0.4) is 0 Å². The monoisotopic (exact) mass is 418 g/mol. The second-order valence-electron chi connectivity index (χ2n) is 6.13. The normalized spacial score (nSPS) is 10.6. The zero-order valence-electron chi connectivity index (χ0n) is 15.4. The molecule has 1 N–H and O–H groups in total. The third-order valence-electron chi connectivity index (χ3n) is 4.18. The Morgan fingerprint density at radius 2 is 1.62 bits per heavy atom. The maximum Gasteiger partial charge on any atom is 0.264 e.